The maximum atomic E-state index is 4.72. The van der Waals surface area contributed by atoms with Gasteiger partial charge in [0.05, 0.1) is 12.6 Å². The predicted octanol–water partition coefficient (Wildman–Crippen LogP) is 4.42. The van der Waals surface area contributed by atoms with E-state index in [2.05, 4.69) is 78.1 Å². The Labute approximate surface area is 149 Å². The van der Waals surface area contributed by atoms with Crippen LogP contribution >= 0.6 is 12.4 Å². The molecule has 122 valence electrons. The van der Waals surface area contributed by atoms with Crippen molar-refractivity contribution in [2.45, 2.75) is 18.9 Å². The number of hydrogen-bond donors (Lipinski definition) is 1. The van der Waals surface area contributed by atoms with E-state index < -0.39 is 0 Å². The summed E-state index contributed by atoms with van der Waals surface area (Å²) in [6.45, 7) is 0.870. The molecule has 0 aliphatic carbocycles. The van der Waals surface area contributed by atoms with Crippen molar-refractivity contribution < 1.29 is 0 Å². The molecular weight excluding hydrogens is 316 g/mol. The van der Waals surface area contributed by atoms with E-state index in [0.29, 0.717) is 6.04 Å². The van der Waals surface area contributed by atoms with Gasteiger partial charge in [-0.1, -0.05) is 72.8 Å². The minimum atomic E-state index is 0. The van der Waals surface area contributed by atoms with Crippen molar-refractivity contribution in [1.29, 1.82) is 0 Å². The largest absolute Gasteiger partial charge is 0.369 e. The molecule has 3 heteroatoms. The summed E-state index contributed by atoms with van der Waals surface area (Å²) in [5.74, 6) is 1.11. The third kappa shape index (κ3) is 3.60. The number of nitrogens with zero attached hydrogens (tertiary/aromatic N) is 1. The van der Waals surface area contributed by atoms with Gasteiger partial charge in [-0.2, -0.15) is 0 Å². The Morgan fingerprint density at radius 1 is 0.875 bits per heavy atom. The number of rotatable bonds is 4. The summed E-state index contributed by atoms with van der Waals surface area (Å²) in [6.07, 6.45) is 1.91. The molecule has 24 heavy (non-hydrogen) atoms. The zero-order valence-electron chi connectivity index (χ0n) is 13.5. The van der Waals surface area contributed by atoms with E-state index in [1.807, 2.05) is 0 Å². The Bertz CT molecular complexity index is 837. The highest BCUT2D eigenvalue weighted by Gasteiger charge is 2.18. The number of hydrogen-bond acceptors (Lipinski definition) is 2. The molecule has 1 aliphatic rings. The molecule has 0 unspecified atom stereocenters. The molecule has 1 aliphatic heterocycles. The summed E-state index contributed by atoms with van der Waals surface area (Å²) in [5, 5.41) is 6.22. The Morgan fingerprint density at radius 2 is 1.62 bits per heavy atom. The van der Waals surface area contributed by atoms with Crippen LogP contribution in [-0.4, -0.2) is 18.4 Å². The average molecular weight is 337 g/mol. The van der Waals surface area contributed by atoms with Crippen molar-refractivity contribution in [3.63, 3.8) is 0 Å². The fraction of sp³-hybridized carbons (Fsp3) is 0.190. The van der Waals surface area contributed by atoms with Crippen LogP contribution in [0.3, 0.4) is 0 Å². The van der Waals surface area contributed by atoms with Crippen LogP contribution in [0.2, 0.25) is 0 Å². The van der Waals surface area contributed by atoms with E-state index in [1.54, 1.807) is 0 Å². The third-order valence-electron chi connectivity index (χ3n) is 4.44. The fourth-order valence-electron chi connectivity index (χ4n) is 3.30. The molecule has 0 saturated heterocycles. The molecule has 0 aromatic heterocycles. The van der Waals surface area contributed by atoms with Gasteiger partial charge in [0, 0.05) is 6.42 Å². The number of amidine groups is 1. The van der Waals surface area contributed by atoms with Gasteiger partial charge in [-0.3, -0.25) is 4.99 Å². The third-order valence-corrected chi connectivity index (χ3v) is 4.44. The number of nitrogens with one attached hydrogen (secondary N) is 1. The van der Waals surface area contributed by atoms with E-state index >= 15 is 0 Å². The summed E-state index contributed by atoms with van der Waals surface area (Å²) in [7, 11) is 0. The molecule has 0 fully saturated rings. The van der Waals surface area contributed by atoms with E-state index in [1.165, 1.54) is 21.9 Å². The molecule has 0 amide bonds. The molecule has 2 nitrogen and oxygen atoms in total. The van der Waals surface area contributed by atoms with Crippen LogP contribution in [0.25, 0.3) is 10.8 Å². The van der Waals surface area contributed by atoms with Crippen molar-refractivity contribution in [3.05, 3.63) is 83.9 Å². The van der Waals surface area contributed by atoms with Gasteiger partial charge < -0.3 is 5.32 Å². The summed E-state index contributed by atoms with van der Waals surface area (Å²) >= 11 is 0. The van der Waals surface area contributed by atoms with Gasteiger partial charge in [-0.05, 0) is 28.3 Å². The van der Waals surface area contributed by atoms with E-state index in [9.17, 15) is 0 Å². The number of aliphatic imine (C=N–C) groups is 1. The second-order valence-corrected chi connectivity index (χ2v) is 6.13. The smallest absolute Gasteiger partial charge is 0.101 e. The highest BCUT2D eigenvalue weighted by molar-refractivity contribution is 5.93. The highest BCUT2D eigenvalue weighted by Crippen LogP contribution is 2.20. The number of benzene rings is 3. The number of halogens is 1. The first kappa shape index (κ1) is 16.5. The summed E-state index contributed by atoms with van der Waals surface area (Å²) in [6, 6.07) is 26.1. The zero-order valence-corrected chi connectivity index (χ0v) is 14.3. The van der Waals surface area contributed by atoms with Crippen LogP contribution < -0.4 is 5.32 Å². The molecule has 1 atom stereocenters. The van der Waals surface area contributed by atoms with E-state index in [4.69, 9.17) is 4.99 Å². The monoisotopic (exact) mass is 336 g/mol. The maximum Gasteiger partial charge on any atom is 0.101 e. The quantitative estimate of drug-likeness (QED) is 0.749. The van der Waals surface area contributed by atoms with Gasteiger partial charge in [0.25, 0.3) is 0 Å². The standard InChI is InChI=1S/C21H20N2.ClH/c1-2-7-16(8-3-1)13-19-15-22-21(23-19)14-18-11-6-10-17-9-4-5-12-20(17)18;/h1-12,19H,13-15H2,(H,22,23);1H/t19-;/m1./s1. The summed E-state index contributed by atoms with van der Waals surface area (Å²) in [4.78, 5) is 4.72. The van der Waals surface area contributed by atoms with Crippen molar-refractivity contribution in [1.82, 2.24) is 5.32 Å². The SMILES string of the molecule is Cl.c1ccc(C[C@@H]2CN=C(Cc3cccc4ccccc34)N2)cc1. The van der Waals surface area contributed by atoms with Crippen LogP contribution in [-0.2, 0) is 12.8 Å². The van der Waals surface area contributed by atoms with Crippen LogP contribution in [0.4, 0.5) is 0 Å². The topological polar surface area (TPSA) is 24.4 Å². The minimum absolute atomic E-state index is 0. The molecule has 0 saturated carbocycles. The average Bonchev–Trinajstić information content (AvgIpc) is 3.03. The lowest BCUT2D eigenvalue weighted by molar-refractivity contribution is 0.652. The Morgan fingerprint density at radius 3 is 2.50 bits per heavy atom. The number of fused-ring (bicyclic) bond motifs is 1. The second kappa shape index (κ2) is 7.50. The first-order chi connectivity index (χ1) is 11.4. The molecule has 1 N–H and O–H groups in total. The molecule has 3 aromatic rings. The lowest BCUT2D eigenvalue weighted by Crippen LogP contribution is -2.32. The Balaban J connectivity index is 0.00000169. The molecule has 3 aromatic carbocycles. The molecule has 0 spiro atoms. The Kier molecular flexibility index (Phi) is 5.17. The van der Waals surface area contributed by atoms with Crippen molar-refractivity contribution >= 4 is 29.0 Å². The first-order valence-corrected chi connectivity index (χ1v) is 8.19. The lowest BCUT2D eigenvalue weighted by atomic mass is 10.0. The van der Waals surface area contributed by atoms with Crippen molar-refractivity contribution in [2.75, 3.05) is 6.54 Å². The summed E-state index contributed by atoms with van der Waals surface area (Å²) in [5.41, 5.74) is 2.71. The van der Waals surface area contributed by atoms with Crippen molar-refractivity contribution in [2.24, 2.45) is 4.99 Å². The van der Waals surface area contributed by atoms with Crippen LogP contribution in [0.15, 0.2) is 77.8 Å². The minimum Gasteiger partial charge on any atom is -0.369 e. The van der Waals surface area contributed by atoms with Gasteiger partial charge in [-0.25, -0.2) is 0 Å². The highest BCUT2D eigenvalue weighted by atomic mass is 35.5. The van der Waals surface area contributed by atoms with Gasteiger partial charge in [0.1, 0.15) is 5.84 Å². The van der Waals surface area contributed by atoms with Crippen LogP contribution in [0.5, 0.6) is 0 Å². The molecule has 1 heterocycles. The van der Waals surface area contributed by atoms with Crippen LogP contribution in [0.1, 0.15) is 11.1 Å². The summed E-state index contributed by atoms with van der Waals surface area (Å²) < 4.78 is 0. The first-order valence-electron chi connectivity index (χ1n) is 8.19. The molecule has 0 bridgehead atoms. The van der Waals surface area contributed by atoms with Gasteiger partial charge in [0.2, 0.25) is 0 Å². The zero-order chi connectivity index (χ0) is 15.5. The van der Waals surface area contributed by atoms with E-state index in [0.717, 1.165) is 25.2 Å². The maximum absolute atomic E-state index is 4.72. The van der Waals surface area contributed by atoms with Gasteiger partial charge in [-0.15, -0.1) is 12.4 Å². The molecule has 4 rings (SSSR count). The lowest BCUT2D eigenvalue weighted by Gasteiger charge is -2.12. The normalized spacial score (nSPS) is 16.3. The second-order valence-electron chi connectivity index (χ2n) is 6.13. The molecular formula is C21H21ClN2. The Hall–Kier alpha value is -2.32. The van der Waals surface area contributed by atoms with Gasteiger partial charge >= 0.3 is 0 Å². The van der Waals surface area contributed by atoms with Crippen LogP contribution in [0, 0.1) is 0 Å². The fourth-order valence-corrected chi connectivity index (χ4v) is 3.30. The van der Waals surface area contributed by atoms with Crippen molar-refractivity contribution in [3.8, 4) is 0 Å². The van der Waals surface area contributed by atoms with Gasteiger partial charge in [0.15, 0.2) is 0 Å². The predicted molar refractivity (Wildman–Crippen MR) is 104 cm³/mol. The van der Waals surface area contributed by atoms with E-state index in [-0.39, 0.29) is 12.4 Å². The molecule has 0 radical (unpaired) electrons.